The van der Waals surface area contributed by atoms with Gasteiger partial charge in [-0.25, -0.2) is 4.90 Å². The lowest BCUT2D eigenvalue weighted by molar-refractivity contribution is -0.152. The number of para-hydroxylation sites is 2. The molecule has 3 aromatic carbocycles. The number of phenolic OH excluding ortho intramolecular Hbond substituents is 1. The van der Waals surface area contributed by atoms with Gasteiger partial charge in [-0.1, -0.05) is 48.5 Å². The summed E-state index contributed by atoms with van der Waals surface area (Å²) in [6, 6.07) is 21.7. The number of hydrogen-bond acceptors (Lipinski definition) is 7. The second-order valence-electron chi connectivity index (χ2n) is 9.02. The highest BCUT2D eigenvalue weighted by molar-refractivity contribution is 6.24. The molecule has 0 radical (unpaired) electrons. The van der Waals surface area contributed by atoms with Gasteiger partial charge < -0.3 is 14.6 Å². The van der Waals surface area contributed by atoms with Crippen LogP contribution in [0, 0.1) is 11.8 Å². The lowest BCUT2D eigenvalue weighted by Crippen LogP contribution is -2.57. The molecule has 3 aromatic rings. The van der Waals surface area contributed by atoms with E-state index in [0.717, 1.165) is 0 Å². The SMILES string of the molecule is COC(=O)[C@]1(Cc2ccc(O)cc2)N[C@H](c2ccccc2OC)[C@@H]2C(=O)N(c3ccccc3)C(=O)[C@@H]21. The topological polar surface area (TPSA) is 105 Å². The summed E-state index contributed by atoms with van der Waals surface area (Å²) in [4.78, 5) is 42.6. The van der Waals surface area contributed by atoms with Crippen LogP contribution in [0.1, 0.15) is 17.2 Å². The average Bonchev–Trinajstić information content (AvgIpc) is 3.39. The van der Waals surface area contributed by atoms with E-state index in [0.29, 0.717) is 22.6 Å². The Balaban J connectivity index is 1.69. The molecule has 5 rings (SSSR count). The second-order valence-corrected chi connectivity index (χ2v) is 9.02. The molecular weight excluding hydrogens is 460 g/mol. The van der Waals surface area contributed by atoms with E-state index in [-0.39, 0.29) is 12.2 Å². The number of nitrogens with one attached hydrogen (secondary N) is 1. The summed E-state index contributed by atoms with van der Waals surface area (Å²) < 4.78 is 10.8. The molecule has 0 spiro atoms. The zero-order chi connectivity index (χ0) is 25.4. The number of methoxy groups -OCH3 is 2. The van der Waals surface area contributed by atoms with E-state index in [1.807, 2.05) is 18.2 Å². The fraction of sp³-hybridized carbons (Fsp3) is 0.250. The summed E-state index contributed by atoms with van der Waals surface area (Å²) in [5.41, 5.74) is 0.285. The van der Waals surface area contributed by atoms with Gasteiger partial charge in [0.1, 0.15) is 17.0 Å². The Morgan fingerprint density at radius 3 is 2.28 bits per heavy atom. The molecule has 0 unspecified atom stereocenters. The van der Waals surface area contributed by atoms with Crippen LogP contribution >= 0.6 is 0 Å². The van der Waals surface area contributed by atoms with Gasteiger partial charge in [0, 0.05) is 18.0 Å². The molecule has 0 saturated carbocycles. The molecule has 0 bridgehead atoms. The van der Waals surface area contributed by atoms with Crippen LogP contribution in [0.25, 0.3) is 0 Å². The van der Waals surface area contributed by atoms with Gasteiger partial charge in [0.2, 0.25) is 11.8 Å². The van der Waals surface area contributed by atoms with Crippen molar-refractivity contribution in [2.24, 2.45) is 11.8 Å². The summed E-state index contributed by atoms with van der Waals surface area (Å²) in [6.07, 6.45) is 0.0778. The van der Waals surface area contributed by atoms with Crippen molar-refractivity contribution in [3.63, 3.8) is 0 Å². The number of esters is 1. The Morgan fingerprint density at radius 2 is 1.61 bits per heavy atom. The highest BCUT2D eigenvalue weighted by Crippen LogP contribution is 2.52. The standard InChI is InChI=1S/C28H26N2O6/c1-35-21-11-7-6-10-20(21)24-22-23(26(33)30(25(22)32)18-8-4-3-5-9-18)28(29-24,27(34)36-2)16-17-12-14-19(31)15-13-17/h3-15,22-24,29,31H,16H2,1-2H3/t22-,23-,24-,28-/m1/s1. The number of nitrogens with zero attached hydrogens (tertiary/aromatic N) is 1. The number of phenols is 1. The first-order valence-electron chi connectivity index (χ1n) is 11.6. The van der Waals surface area contributed by atoms with Crippen molar-refractivity contribution in [2.45, 2.75) is 18.0 Å². The first-order chi connectivity index (χ1) is 17.4. The van der Waals surface area contributed by atoms with Gasteiger partial charge >= 0.3 is 5.97 Å². The van der Waals surface area contributed by atoms with E-state index < -0.39 is 41.2 Å². The van der Waals surface area contributed by atoms with E-state index in [4.69, 9.17) is 9.47 Å². The predicted octanol–water partition coefficient (Wildman–Crippen LogP) is 3.01. The molecule has 2 N–H and O–H groups in total. The molecule has 2 saturated heterocycles. The van der Waals surface area contributed by atoms with Crippen LogP contribution in [0.5, 0.6) is 11.5 Å². The van der Waals surface area contributed by atoms with Gasteiger partial charge in [0.05, 0.1) is 31.7 Å². The Hall–Kier alpha value is -4.17. The summed E-state index contributed by atoms with van der Waals surface area (Å²) in [5, 5.41) is 13.1. The Morgan fingerprint density at radius 1 is 0.944 bits per heavy atom. The number of amides is 2. The van der Waals surface area contributed by atoms with Crippen LogP contribution in [0.2, 0.25) is 0 Å². The lowest BCUT2D eigenvalue weighted by Gasteiger charge is -2.33. The second kappa shape index (κ2) is 9.13. The van der Waals surface area contributed by atoms with Crippen molar-refractivity contribution < 1.29 is 29.0 Å². The van der Waals surface area contributed by atoms with Gasteiger partial charge in [0.15, 0.2) is 0 Å². The summed E-state index contributed by atoms with van der Waals surface area (Å²) in [7, 11) is 2.80. The zero-order valence-corrected chi connectivity index (χ0v) is 19.9. The number of carbonyl (C=O) groups excluding carboxylic acids is 3. The normalized spacial score (nSPS) is 25.1. The third kappa shape index (κ3) is 3.61. The highest BCUT2D eigenvalue weighted by atomic mass is 16.5. The van der Waals surface area contributed by atoms with Crippen molar-refractivity contribution in [3.8, 4) is 11.5 Å². The van der Waals surface area contributed by atoms with E-state index >= 15 is 0 Å². The number of carbonyl (C=O) groups is 3. The maximum absolute atomic E-state index is 14.0. The summed E-state index contributed by atoms with van der Waals surface area (Å²) in [5.74, 6) is -2.78. The minimum absolute atomic E-state index is 0.0778. The number of imide groups is 1. The van der Waals surface area contributed by atoms with Crippen LogP contribution in [0.3, 0.4) is 0 Å². The molecule has 0 aromatic heterocycles. The summed E-state index contributed by atoms with van der Waals surface area (Å²) >= 11 is 0. The zero-order valence-electron chi connectivity index (χ0n) is 19.9. The fourth-order valence-electron chi connectivity index (χ4n) is 5.57. The van der Waals surface area contributed by atoms with Gasteiger partial charge in [-0.15, -0.1) is 0 Å². The molecule has 2 aliphatic heterocycles. The van der Waals surface area contributed by atoms with Crippen molar-refractivity contribution in [2.75, 3.05) is 19.1 Å². The Bertz CT molecular complexity index is 1310. The minimum atomic E-state index is -1.53. The molecular formula is C28H26N2O6. The molecule has 4 atom stereocenters. The van der Waals surface area contributed by atoms with Crippen LogP contribution < -0.4 is 15.0 Å². The molecule has 8 heteroatoms. The van der Waals surface area contributed by atoms with E-state index in [1.165, 1.54) is 31.3 Å². The quantitative estimate of drug-likeness (QED) is 0.408. The lowest BCUT2D eigenvalue weighted by atomic mass is 9.76. The number of aromatic hydroxyl groups is 1. The Kier molecular flexibility index (Phi) is 5.97. The largest absolute Gasteiger partial charge is 0.508 e. The third-order valence-corrected chi connectivity index (χ3v) is 7.11. The molecule has 8 nitrogen and oxygen atoms in total. The average molecular weight is 487 g/mol. The van der Waals surface area contributed by atoms with Gasteiger partial charge in [0.25, 0.3) is 0 Å². The molecule has 36 heavy (non-hydrogen) atoms. The highest BCUT2D eigenvalue weighted by Gasteiger charge is 2.69. The molecule has 2 amide bonds. The fourth-order valence-corrected chi connectivity index (χ4v) is 5.57. The van der Waals surface area contributed by atoms with E-state index in [2.05, 4.69) is 5.32 Å². The smallest absolute Gasteiger partial charge is 0.327 e. The number of ether oxygens (including phenoxy) is 2. The van der Waals surface area contributed by atoms with Gasteiger partial charge in [-0.05, 0) is 35.9 Å². The van der Waals surface area contributed by atoms with Crippen molar-refractivity contribution in [1.29, 1.82) is 0 Å². The number of anilines is 1. The summed E-state index contributed by atoms with van der Waals surface area (Å²) in [6.45, 7) is 0. The number of fused-ring (bicyclic) bond motifs is 1. The van der Waals surface area contributed by atoms with Crippen LogP contribution in [-0.2, 0) is 25.5 Å². The minimum Gasteiger partial charge on any atom is -0.508 e. The molecule has 2 heterocycles. The van der Waals surface area contributed by atoms with Gasteiger partial charge in [-0.3, -0.25) is 19.7 Å². The van der Waals surface area contributed by atoms with E-state index in [9.17, 15) is 19.5 Å². The number of hydrogen-bond donors (Lipinski definition) is 2. The van der Waals surface area contributed by atoms with Crippen molar-refractivity contribution in [3.05, 3.63) is 90.0 Å². The van der Waals surface area contributed by atoms with Crippen molar-refractivity contribution >= 4 is 23.5 Å². The monoisotopic (exact) mass is 486 g/mol. The van der Waals surface area contributed by atoms with Crippen LogP contribution in [0.15, 0.2) is 78.9 Å². The van der Waals surface area contributed by atoms with Crippen molar-refractivity contribution in [1.82, 2.24) is 5.32 Å². The first kappa shape index (κ1) is 23.6. The molecule has 2 aliphatic rings. The molecule has 184 valence electrons. The van der Waals surface area contributed by atoms with E-state index in [1.54, 1.807) is 48.5 Å². The molecule has 0 aliphatic carbocycles. The van der Waals surface area contributed by atoms with Gasteiger partial charge in [-0.2, -0.15) is 0 Å². The maximum Gasteiger partial charge on any atom is 0.327 e. The van der Waals surface area contributed by atoms with Crippen LogP contribution in [-0.4, -0.2) is 42.6 Å². The Labute approximate surface area is 208 Å². The van der Waals surface area contributed by atoms with Crippen LogP contribution in [0.4, 0.5) is 5.69 Å². The predicted molar refractivity (Wildman–Crippen MR) is 131 cm³/mol. The number of rotatable bonds is 6. The first-order valence-corrected chi connectivity index (χ1v) is 11.6. The molecule has 2 fully saturated rings. The third-order valence-electron chi connectivity index (χ3n) is 7.11. The number of benzene rings is 3. The maximum atomic E-state index is 14.0.